The number of aromatic nitrogens is 3. The number of guanidine groups is 1. The number of aryl methyl sites for hydroxylation is 1. The fourth-order valence-corrected chi connectivity index (χ4v) is 2.83. The number of halogens is 1. The van der Waals surface area contributed by atoms with E-state index in [4.69, 9.17) is 4.74 Å². The summed E-state index contributed by atoms with van der Waals surface area (Å²) in [6.07, 6.45) is 4.74. The molecule has 1 heterocycles. The number of rotatable bonds is 10. The lowest BCUT2D eigenvalue weighted by molar-refractivity contribution is -0.123. The molecule has 164 valence electrons. The number of nitrogens with zero attached hydrogens (tertiary/aromatic N) is 4. The Morgan fingerprint density at radius 3 is 2.90 bits per heavy atom. The van der Waals surface area contributed by atoms with Crippen molar-refractivity contribution in [2.75, 3.05) is 20.2 Å². The van der Waals surface area contributed by atoms with E-state index in [1.54, 1.807) is 13.4 Å². The summed E-state index contributed by atoms with van der Waals surface area (Å²) in [6.45, 7) is 4.18. The second-order valence-electron chi connectivity index (χ2n) is 6.92. The van der Waals surface area contributed by atoms with Crippen LogP contribution in [0.5, 0.6) is 5.75 Å². The number of amides is 1. The second-order valence-corrected chi connectivity index (χ2v) is 6.92. The second kappa shape index (κ2) is 12.4. The molecule has 3 rings (SSSR count). The van der Waals surface area contributed by atoms with E-state index in [1.165, 1.54) is 0 Å². The van der Waals surface area contributed by atoms with Gasteiger partial charge in [0.2, 0.25) is 0 Å². The number of carbonyl (C=O) groups is 1. The SMILES string of the molecule is CCc1nncn1CCNC(=NC)NCc1cccc(OCC(=O)NC2CC2)c1.I. The van der Waals surface area contributed by atoms with Gasteiger partial charge in [0.05, 0.1) is 0 Å². The minimum atomic E-state index is -0.0695. The van der Waals surface area contributed by atoms with E-state index in [2.05, 4.69) is 38.1 Å². The lowest BCUT2D eigenvalue weighted by atomic mass is 10.2. The lowest BCUT2D eigenvalue weighted by Crippen LogP contribution is -2.38. The minimum Gasteiger partial charge on any atom is -0.484 e. The topological polar surface area (TPSA) is 105 Å². The van der Waals surface area contributed by atoms with Gasteiger partial charge in [-0.3, -0.25) is 9.79 Å². The van der Waals surface area contributed by atoms with Gasteiger partial charge in [-0.05, 0) is 30.5 Å². The highest BCUT2D eigenvalue weighted by molar-refractivity contribution is 14.0. The molecule has 0 saturated heterocycles. The zero-order valence-corrected chi connectivity index (χ0v) is 19.8. The summed E-state index contributed by atoms with van der Waals surface area (Å²) >= 11 is 0. The largest absolute Gasteiger partial charge is 0.484 e. The van der Waals surface area contributed by atoms with Crippen LogP contribution in [0.3, 0.4) is 0 Å². The highest BCUT2D eigenvalue weighted by atomic mass is 127. The van der Waals surface area contributed by atoms with Crippen molar-refractivity contribution in [3.63, 3.8) is 0 Å². The van der Waals surface area contributed by atoms with Crippen LogP contribution in [0, 0.1) is 0 Å². The first kappa shape index (κ1) is 23.9. The predicted molar refractivity (Wildman–Crippen MR) is 126 cm³/mol. The molecule has 2 aromatic rings. The number of carbonyl (C=O) groups excluding carboxylic acids is 1. The Kier molecular flexibility index (Phi) is 9.84. The summed E-state index contributed by atoms with van der Waals surface area (Å²) in [5.41, 5.74) is 1.04. The molecule has 3 N–H and O–H groups in total. The molecule has 0 aliphatic heterocycles. The number of hydrogen-bond donors (Lipinski definition) is 3. The van der Waals surface area contributed by atoms with Gasteiger partial charge < -0.3 is 25.3 Å². The van der Waals surface area contributed by atoms with E-state index in [1.807, 2.05) is 28.8 Å². The third kappa shape index (κ3) is 7.81. The molecule has 0 atom stereocenters. The van der Waals surface area contributed by atoms with Crippen LogP contribution in [0.4, 0.5) is 0 Å². The first-order valence-electron chi connectivity index (χ1n) is 10.00. The van der Waals surface area contributed by atoms with Gasteiger partial charge in [0.15, 0.2) is 12.6 Å². The number of aliphatic imine (C=N–C) groups is 1. The number of benzene rings is 1. The third-order valence-corrected chi connectivity index (χ3v) is 4.55. The van der Waals surface area contributed by atoms with Gasteiger partial charge in [0, 0.05) is 39.1 Å². The fourth-order valence-electron chi connectivity index (χ4n) is 2.83. The maximum atomic E-state index is 11.7. The van der Waals surface area contributed by atoms with Crippen LogP contribution in [0.1, 0.15) is 31.2 Å². The van der Waals surface area contributed by atoms with Crippen molar-refractivity contribution in [3.8, 4) is 5.75 Å². The molecule has 9 nitrogen and oxygen atoms in total. The molecule has 1 aromatic carbocycles. The highest BCUT2D eigenvalue weighted by Gasteiger charge is 2.23. The summed E-state index contributed by atoms with van der Waals surface area (Å²) in [7, 11) is 1.74. The smallest absolute Gasteiger partial charge is 0.258 e. The van der Waals surface area contributed by atoms with Crippen molar-refractivity contribution in [1.29, 1.82) is 0 Å². The van der Waals surface area contributed by atoms with Crippen LogP contribution in [0.25, 0.3) is 0 Å². The van der Waals surface area contributed by atoms with E-state index in [-0.39, 0.29) is 36.5 Å². The van der Waals surface area contributed by atoms with Crippen LogP contribution in [-0.2, 0) is 24.3 Å². The van der Waals surface area contributed by atoms with Gasteiger partial charge >= 0.3 is 0 Å². The number of hydrogen-bond acceptors (Lipinski definition) is 5. The molecule has 0 radical (unpaired) electrons. The Labute approximate surface area is 194 Å². The zero-order valence-electron chi connectivity index (χ0n) is 17.4. The van der Waals surface area contributed by atoms with Crippen molar-refractivity contribution in [1.82, 2.24) is 30.7 Å². The molecular formula is C20H30IN7O2. The van der Waals surface area contributed by atoms with Gasteiger partial charge in [0.1, 0.15) is 17.9 Å². The van der Waals surface area contributed by atoms with Gasteiger partial charge in [-0.1, -0.05) is 19.1 Å². The quantitative estimate of drug-likeness (QED) is 0.246. The van der Waals surface area contributed by atoms with Crippen molar-refractivity contribution in [2.45, 2.75) is 45.3 Å². The summed E-state index contributed by atoms with van der Waals surface area (Å²) in [5.74, 6) is 2.29. The summed E-state index contributed by atoms with van der Waals surface area (Å²) < 4.78 is 7.63. The van der Waals surface area contributed by atoms with Gasteiger partial charge in [-0.25, -0.2) is 0 Å². The first-order valence-corrected chi connectivity index (χ1v) is 10.00. The van der Waals surface area contributed by atoms with Crippen LogP contribution >= 0.6 is 24.0 Å². The monoisotopic (exact) mass is 527 g/mol. The Morgan fingerprint density at radius 1 is 1.33 bits per heavy atom. The van der Waals surface area contributed by atoms with Crippen molar-refractivity contribution in [3.05, 3.63) is 42.0 Å². The lowest BCUT2D eigenvalue weighted by Gasteiger charge is -2.13. The zero-order chi connectivity index (χ0) is 20.5. The first-order chi connectivity index (χ1) is 14.2. The molecule has 0 spiro atoms. The van der Waals surface area contributed by atoms with E-state index < -0.39 is 0 Å². The molecular weight excluding hydrogens is 497 g/mol. The summed E-state index contributed by atoms with van der Waals surface area (Å²) in [5, 5.41) is 17.5. The fraction of sp³-hybridized carbons (Fsp3) is 0.500. The predicted octanol–water partition coefficient (Wildman–Crippen LogP) is 1.48. The maximum absolute atomic E-state index is 11.7. The highest BCUT2D eigenvalue weighted by Crippen LogP contribution is 2.18. The standard InChI is InChI=1S/C20H29N7O2.HI/c1-3-18-26-24-14-27(18)10-9-22-20(21-2)23-12-15-5-4-6-17(11-15)29-13-19(28)25-16-7-8-16;/h4-6,11,14,16H,3,7-10,12-13H2,1-2H3,(H,25,28)(H2,21,22,23);1H. The van der Waals surface area contributed by atoms with Crippen LogP contribution < -0.4 is 20.7 Å². The molecule has 1 saturated carbocycles. The molecule has 0 bridgehead atoms. The van der Waals surface area contributed by atoms with E-state index in [0.29, 0.717) is 30.8 Å². The van der Waals surface area contributed by atoms with E-state index >= 15 is 0 Å². The molecule has 1 aromatic heterocycles. The number of ether oxygens (including phenoxy) is 1. The van der Waals surface area contributed by atoms with Crippen molar-refractivity contribution in [2.24, 2.45) is 4.99 Å². The average molecular weight is 527 g/mol. The molecule has 30 heavy (non-hydrogen) atoms. The van der Waals surface area contributed by atoms with Crippen molar-refractivity contribution >= 4 is 35.8 Å². The Hall–Kier alpha value is -2.37. The molecule has 0 unspecified atom stereocenters. The van der Waals surface area contributed by atoms with Crippen LogP contribution in [0.2, 0.25) is 0 Å². The summed E-state index contributed by atoms with van der Waals surface area (Å²) in [4.78, 5) is 16.0. The van der Waals surface area contributed by atoms with E-state index in [0.717, 1.165) is 37.2 Å². The summed E-state index contributed by atoms with van der Waals surface area (Å²) in [6, 6.07) is 8.04. The third-order valence-electron chi connectivity index (χ3n) is 4.55. The Balaban J connectivity index is 0.00000320. The molecule has 10 heteroatoms. The number of nitrogens with one attached hydrogen (secondary N) is 3. The molecule has 1 amide bonds. The van der Waals surface area contributed by atoms with Gasteiger partial charge in [0.25, 0.3) is 5.91 Å². The van der Waals surface area contributed by atoms with E-state index in [9.17, 15) is 4.79 Å². The van der Waals surface area contributed by atoms with Crippen LogP contribution in [0.15, 0.2) is 35.6 Å². The normalized spacial score (nSPS) is 13.3. The molecule has 1 aliphatic rings. The molecule has 1 aliphatic carbocycles. The van der Waals surface area contributed by atoms with Crippen LogP contribution in [-0.4, -0.2) is 52.9 Å². The molecule has 1 fully saturated rings. The van der Waals surface area contributed by atoms with Crippen molar-refractivity contribution < 1.29 is 9.53 Å². The maximum Gasteiger partial charge on any atom is 0.258 e. The van der Waals surface area contributed by atoms with Gasteiger partial charge in [-0.2, -0.15) is 0 Å². The minimum absolute atomic E-state index is 0. The Bertz CT molecular complexity index is 836. The average Bonchev–Trinajstić information content (AvgIpc) is 3.43. The Morgan fingerprint density at radius 2 is 2.17 bits per heavy atom. The van der Waals surface area contributed by atoms with Gasteiger partial charge in [-0.15, -0.1) is 34.2 Å².